The van der Waals surface area contributed by atoms with Crippen molar-refractivity contribution in [2.45, 2.75) is 39.2 Å². The van der Waals surface area contributed by atoms with Crippen LogP contribution in [0.5, 0.6) is 0 Å². The average molecular weight is 223 g/mol. The van der Waals surface area contributed by atoms with Gasteiger partial charge in [0.25, 0.3) is 0 Å². The Hall–Kier alpha value is -1.01. The number of carboxylic acid groups (broad SMARTS) is 1. The molecule has 3 heteroatoms. The molecule has 3 atom stereocenters. The Morgan fingerprint density at radius 2 is 2.19 bits per heavy atom. The van der Waals surface area contributed by atoms with Crippen molar-refractivity contribution in [2.75, 3.05) is 13.1 Å². The molecule has 0 spiro atoms. The largest absolute Gasteiger partial charge is 0.480 e. The molecule has 0 amide bonds. The van der Waals surface area contributed by atoms with Gasteiger partial charge in [0.2, 0.25) is 0 Å². The minimum Gasteiger partial charge on any atom is -0.480 e. The second-order valence-electron chi connectivity index (χ2n) is 4.97. The fourth-order valence-electron chi connectivity index (χ4n) is 2.77. The van der Waals surface area contributed by atoms with Gasteiger partial charge in [-0.2, -0.15) is 0 Å². The molecule has 0 aromatic heterocycles. The Bertz CT molecular complexity index is 282. The van der Waals surface area contributed by atoms with E-state index in [-0.39, 0.29) is 6.54 Å². The van der Waals surface area contributed by atoms with E-state index in [4.69, 9.17) is 11.5 Å². The van der Waals surface area contributed by atoms with E-state index in [0.717, 1.165) is 12.3 Å². The first-order valence-corrected chi connectivity index (χ1v) is 5.94. The maximum absolute atomic E-state index is 10.8. The van der Waals surface area contributed by atoms with E-state index in [9.17, 15) is 4.79 Å². The zero-order chi connectivity index (χ0) is 12.1. The lowest BCUT2D eigenvalue weighted by Crippen LogP contribution is -2.45. The fourth-order valence-corrected chi connectivity index (χ4v) is 2.77. The first-order chi connectivity index (χ1) is 7.54. The van der Waals surface area contributed by atoms with Crippen LogP contribution >= 0.6 is 0 Å². The Morgan fingerprint density at radius 1 is 1.50 bits per heavy atom. The summed E-state index contributed by atoms with van der Waals surface area (Å²) < 4.78 is 0. The molecule has 1 aliphatic rings. The summed E-state index contributed by atoms with van der Waals surface area (Å²) in [6.45, 7) is 4.96. The predicted octanol–water partition coefficient (Wildman–Crippen LogP) is 1.83. The van der Waals surface area contributed by atoms with Gasteiger partial charge in [-0.15, -0.1) is 6.42 Å². The van der Waals surface area contributed by atoms with E-state index >= 15 is 0 Å². The molecular weight excluding hydrogens is 202 g/mol. The molecule has 1 N–H and O–H groups in total. The summed E-state index contributed by atoms with van der Waals surface area (Å²) >= 11 is 0. The Balaban J connectivity index is 2.63. The quantitative estimate of drug-likeness (QED) is 0.739. The number of carboxylic acids is 1. The SMILES string of the molecule is C#CCN(CC(=O)O)C1CCC(C)CC1C. The Kier molecular flexibility index (Phi) is 4.82. The highest BCUT2D eigenvalue weighted by atomic mass is 16.4. The van der Waals surface area contributed by atoms with Crippen LogP contribution in [0.15, 0.2) is 0 Å². The number of carbonyl (C=O) groups is 1. The highest BCUT2D eigenvalue weighted by Crippen LogP contribution is 2.31. The maximum Gasteiger partial charge on any atom is 0.317 e. The lowest BCUT2D eigenvalue weighted by Gasteiger charge is -2.39. The lowest BCUT2D eigenvalue weighted by atomic mass is 9.79. The molecule has 0 saturated heterocycles. The second kappa shape index (κ2) is 5.91. The molecule has 3 unspecified atom stereocenters. The summed E-state index contributed by atoms with van der Waals surface area (Å²) in [5.74, 6) is 3.07. The molecule has 1 saturated carbocycles. The molecule has 1 rings (SSSR count). The van der Waals surface area contributed by atoms with Gasteiger partial charge < -0.3 is 5.11 Å². The average Bonchev–Trinajstić information content (AvgIpc) is 2.16. The van der Waals surface area contributed by atoms with E-state index < -0.39 is 5.97 Å². The van der Waals surface area contributed by atoms with Crippen molar-refractivity contribution < 1.29 is 9.90 Å². The molecule has 0 aromatic rings. The van der Waals surface area contributed by atoms with Crippen LogP contribution in [0.25, 0.3) is 0 Å². The van der Waals surface area contributed by atoms with Gasteiger partial charge in [-0.3, -0.25) is 9.69 Å². The normalized spacial score (nSPS) is 30.0. The van der Waals surface area contributed by atoms with Crippen molar-refractivity contribution in [1.82, 2.24) is 4.90 Å². The first-order valence-electron chi connectivity index (χ1n) is 5.94. The highest BCUT2D eigenvalue weighted by Gasteiger charge is 2.30. The van der Waals surface area contributed by atoms with Crippen LogP contribution in [0.4, 0.5) is 0 Å². The van der Waals surface area contributed by atoms with Crippen molar-refractivity contribution >= 4 is 5.97 Å². The van der Waals surface area contributed by atoms with E-state index in [0.29, 0.717) is 18.5 Å². The number of hydrogen-bond donors (Lipinski definition) is 1. The van der Waals surface area contributed by atoms with Gasteiger partial charge in [0.15, 0.2) is 0 Å². The molecule has 0 aromatic carbocycles. The van der Waals surface area contributed by atoms with Crippen molar-refractivity contribution in [2.24, 2.45) is 11.8 Å². The molecule has 16 heavy (non-hydrogen) atoms. The van der Waals surface area contributed by atoms with Crippen LogP contribution in [0.1, 0.15) is 33.1 Å². The summed E-state index contributed by atoms with van der Waals surface area (Å²) in [7, 11) is 0. The summed E-state index contributed by atoms with van der Waals surface area (Å²) in [6.07, 6.45) is 8.71. The summed E-state index contributed by atoms with van der Waals surface area (Å²) in [4.78, 5) is 12.7. The van der Waals surface area contributed by atoms with Crippen molar-refractivity contribution in [3.05, 3.63) is 0 Å². The minimum atomic E-state index is -0.791. The number of hydrogen-bond acceptors (Lipinski definition) is 2. The third-order valence-electron chi connectivity index (χ3n) is 3.49. The van der Waals surface area contributed by atoms with Crippen LogP contribution in [-0.4, -0.2) is 35.1 Å². The van der Waals surface area contributed by atoms with Crippen molar-refractivity contribution in [3.8, 4) is 12.3 Å². The number of aliphatic carboxylic acids is 1. The first kappa shape index (κ1) is 13.1. The Labute approximate surface area is 97.8 Å². The van der Waals surface area contributed by atoms with Gasteiger partial charge >= 0.3 is 5.97 Å². The molecule has 3 nitrogen and oxygen atoms in total. The van der Waals surface area contributed by atoms with Crippen molar-refractivity contribution in [3.63, 3.8) is 0 Å². The topological polar surface area (TPSA) is 40.5 Å². The summed E-state index contributed by atoms with van der Waals surface area (Å²) in [5.41, 5.74) is 0. The van der Waals surface area contributed by atoms with Crippen LogP contribution in [0.3, 0.4) is 0 Å². The van der Waals surface area contributed by atoms with E-state index in [1.807, 2.05) is 4.90 Å². The van der Waals surface area contributed by atoms with E-state index in [1.165, 1.54) is 12.8 Å². The number of nitrogens with zero attached hydrogens (tertiary/aromatic N) is 1. The lowest BCUT2D eigenvalue weighted by molar-refractivity contribution is -0.139. The van der Waals surface area contributed by atoms with Crippen LogP contribution in [0, 0.1) is 24.2 Å². The maximum atomic E-state index is 10.8. The van der Waals surface area contributed by atoms with Gasteiger partial charge in [-0.1, -0.05) is 19.8 Å². The van der Waals surface area contributed by atoms with E-state index in [1.54, 1.807) is 0 Å². The van der Waals surface area contributed by atoms with Gasteiger partial charge in [0, 0.05) is 6.04 Å². The smallest absolute Gasteiger partial charge is 0.317 e. The number of rotatable bonds is 4. The van der Waals surface area contributed by atoms with Gasteiger partial charge in [-0.05, 0) is 31.1 Å². The molecule has 0 bridgehead atoms. The molecule has 1 aliphatic carbocycles. The molecule has 0 heterocycles. The molecule has 1 fully saturated rings. The molecule has 90 valence electrons. The molecular formula is C13H21NO2. The minimum absolute atomic E-state index is 0.0631. The summed E-state index contributed by atoms with van der Waals surface area (Å²) in [5, 5.41) is 8.87. The third kappa shape index (κ3) is 3.53. The van der Waals surface area contributed by atoms with E-state index in [2.05, 4.69) is 19.8 Å². The molecule has 0 aliphatic heterocycles. The van der Waals surface area contributed by atoms with Gasteiger partial charge in [-0.25, -0.2) is 0 Å². The predicted molar refractivity (Wildman–Crippen MR) is 64.0 cm³/mol. The van der Waals surface area contributed by atoms with Gasteiger partial charge in [0.05, 0.1) is 13.1 Å². The van der Waals surface area contributed by atoms with Crippen LogP contribution in [-0.2, 0) is 4.79 Å². The third-order valence-corrected chi connectivity index (χ3v) is 3.49. The van der Waals surface area contributed by atoms with Crippen molar-refractivity contribution in [1.29, 1.82) is 0 Å². The summed E-state index contributed by atoms with van der Waals surface area (Å²) in [6, 6.07) is 0.336. The monoisotopic (exact) mass is 223 g/mol. The highest BCUT2D eigenvalue weighted by molar-refractivity contribution is 5.69. The molecule has 0 radical (unpaired) electrons. The zero-order valence-corrected chi connectivity index (χ0v) is 10.1. The number of terminal acetylenes is 1. The fraction of sp³-hybridized carbons (Fsp3) is 0.769. The van der Waals surface area contributed by atoms with Crippen LogP contribution in [0.2, 0.25) is 0 Å². The zero-order valence-electron chi connectivity index (χ0n) is 10.1. The van der Waals surface area contributed by atoms with Crippen LogP contribution < -0.4 is 0 Å². The second-order valence-corrected chi connectivity index (χ2v) is 4.97. The van der Waals surface area contributed by atoms with Gasteiger partial charge in [0.1, 0.15) is 0 Å². The standard InChI is InChI=1S/C13H21NO2/c1-4-7-14(9-13(15)16)12-6-5-10(2)8-11(12)3/h1,10-12H,5-9H2,2-3H3,(H,15,16). The Morgan fingerprint density at radius 3 is 2.69 bits per heavy atom.